The summed E-state index contributed by atoms with van der Waals surface area (Å²) in [5.41, 5.74) is 0. The van der Waals surface area contributed by atoms with Crippen molar-refractivity contribution in [2.24, 2.45) is 13.5 Å². The van der Waals surface area contributed by atoms with Crippen LogP contribution in [0.15, 0.2) is 13.5 Å². The highest BCUT2D eigenvalue weighted by Crippen LogP contribution is 2.83. The van der Waals surface area contributed by atoms with Gasteiger partial charge >= 0.3 is 0 Å². The van der Waals surface area contributed by atoms with Crippen LogP contribution in [0.25, 0.3) is 0 Å². The van der Waals surface area contributed by atoms with E-state index in [0.717, 1.165) is 0 Å². The van der Waals surface area contributed by atoms with Crippen LogP contribution in [0.1, 0.15) is 6.42 Å². The van der Waals surface area contributed by atoms with E-state index >= 15 is 0 Å². The molecule has 0 aromatic rings. The Hall–Kier alpha value is 1.77. The van der Waals surface area contributed by atoms with Crippen LogP contribution in [0.5, 0.6) is 0 Å². The molecule has 0 spiro atoms. The topological polar surface area (TPSA) is 69.3 Å². The highest BCUT2D eigenvalue weighted by molar-refractivity contribution is 8.20. The lowest BCUT2D eigenvalue weighted by molar-refractivity contribution is 0.289. The van der Waals surface area contributed by atoms with Gasteiger partial charge in [0.25, 0.3) is 11.8 Å². The van der Waals surface area contributed by atoms with Gasteiger partial charge in [-0.3, -0.25) is 5.09 Å². The summed E-state index contributed by atoms with van der Waals surface area (Å²) in [6, 6.07) is 0. The van der Waals surface area contributed by atoms with Crippen LogP contribution < -0.4 is 5.09 Å². The van der Waals surface area contributed by atoms with Crippen LogP contribution in [0.3, 0.4) is 0 Å². The average Bonchev–Trinajstić information content (AvgIpc) is 1.96. The fraction of sp³-hybridized carbons (Fsp3) is 1.00. The fourth-order valence-electron chi connectivity index (χ4n) is 1.04. The summed E-state index contributed by atoms with van der Waals surface area (Å²) >= 11 is 23.7. The normalized spacial score (nSPS) is 31.1. The molecule has 0 fully saturated rings. The molecule has 0 aliphatic carbocycles. The molecule has 12 heteroatoms. The van der Waals surface area contributed by atoms with Crippen molar-refractivity contribution in [3.8, 4) is 0 Å². The number of halogens is 4. The third-order valence-electron chi connectivity index (χ3n) is 1.53. The monoisotopic (exact) mass is 364 g/mol. The standard InChI is InChI=1S/C4H11Cl4N4OP3/c1-14(9-3-2-4-13)10-15(5,6)12-16(7,8)11-14/h9,13H,2-4H2,1H3. The summed E-state index contributed by atoms with van der Waals surface area (Å²) in [7, 11) is -2.27. The Labute approximate surface area is 114 Å². The maximum atomic E-state index is 8.69. The lowest BCUT2D eigenvalue weighted by Gasteiger charge is -2.24. The Morgan fingerprint density at radius 3 is 2.12 bits per heavy atom. The molecule has 0 saturated carbocycles. The van der Waals surface area contributed by atoms with Gasteiger partial charge in [-0.15, -0.1) is 0 Å². The van der Waals surface area contributed by atoms with E-state index < -0.39 is 19.2 Å². The number of nitrogens with zero attached hydrogens (tertiary/aromatic N) is 3. The number of aliphatic hydroxyl groups excluding tert-OH is 1. The molecule has 1 aliphatic rings. The van der Waals surface area contributed by atoms with Crippen LogP contribution in [-0.4, -0.2) is 24.9 Å². The Balaban J connectivity index is 3.02. The SMILES string of the molecule is CP1(NCCCO)=NP(Cl)(Cl)=NP(Cl)(Cl)=N1. The first-order valence-corrected chi connectivity index (χ1v) is 13.4. The maximum absolute atomic E-state index is 8.69. The Morgan fingerprint density at radius 2 is 1.62 bits per heavy atom. The molecule has 2 N–H and O–H groups in total. The quantitative estimate of drug-likeness (QED) is 0.511. The van der Waals surface area contributed by atoms with Gasteiger partial charge in [-0.2, -0.15) is 13.5 Å². The molecular formula is C4H11Cl4N4OP3. The van der Waals surface area contributed by atoms with Gasteiger partial charge in [0.2, 0.25) is 0 Å². The van der Waals surface area contributed by atoms with E-state index in [1.54, 1.807) is 6.66 Å². The maximum Gasteiger partial charge on any atom is 0.256 e. The molecule has 0 bridgehead atoms. The minimum absolute atomic E-state index is 0.0848. The minimum atomic E-state index is -2.82. The molecule has 1 atom stereocenters. The summed E-state index contributed by atoms with van der Waals surface area (Å²) < 4.78 is 12.3. The first-order valence-electron chi connectivity index (χ1n) is 4.22. The Kier molecular flexibility index (Phi) is 5.76. The molecule has 1 heterocycles. The second kappa shape index (κ2) is 5.82. The highest BCUT2D eigenvalue weighted by Gasteiger charge is 2.29. The lowest BCUT2D eigenvalue weighted by Crippen LogP contribution is -2.11. The van der Waals surface area contributed by atoms with E-state index in [9.17, 15) is 0 Å². The molecule has 0 aromatic heterocycles. The number of aliphatic hydroxyl groups is 1. The number of hydrogen-bond donors (Lipinski definition) is 2. The fourth-order valence-corrected chi connectivity index (χ4v) is 17.4. The summed E-state index contributed by atoms with van der Waals surface area (Å²) in [4.78, 5) is 0. The van der Waals surface area contributed by atoms with Gasteiger partial charge in [0.15, 0.2) is 0 Å². The zero-order valence-corrected chi connectivity index (χ0v) is 14.0. The zero-order valence-electron chi connectivity index (χ0n) is 8.26. The van der Waals surface area contributed by atoms with Gasteiger partial charge in [-0.1, -0.05) is 0 Å². The predicted octanol–water partition coefficient (Wildman–Crippen LogP) is 5.48. The molecular weight excluding hydrogens is 355 g/mol. The first kappa shape index (κ1) is 15.8. The van der Waals surface area contributed by atoms with Gasteiger partial charge in [0.1, 0.15) is 7.36 Å². The average molecular weight is 366 g/mol. The van der Waals surface area contributed by atoms with Crippen molar-refractivity contribution in [2.45, 2.75) is 6.42 Å². The Bertz CT molecular complexity index is 417. The molecule has 96 valence electrons. The largest absolute Gasteiger partial charge is 0.396 e. The van der Waals surface area contributed by atoms with Crippen molar-refractivity contribution in [3.05, 3.63) is 0 Å². The number of hydrogen-bond acceptors (Lipinski definition) is 5. The van der Waals surface area contributed by atoms with Gasteiger partial charge < -0.3 is 5.11 Å². The number of rotatable bonds is 4. The number of nitrogens with one attached hydrogen (secondary N) is 1. The van der Waals surface area contributed by atoms with Gasteiger partial charge in [-0.05, 0) is 51.4 Å². The molecule has 1 aliphatic heterocycles. The highest BCUT2D eigenvalue weighted by atomic mass is 35.9. The third-order valence-corrected chi connectivity index (χ3v) is 13.4. The minimum Gasteiger partial charge on any atom is -0.396 e. The molecule has 16 heavy (non-hydrogen) atoms. The Morgan fingerprint density at radius 1 is 1.06 bits per heavy atom. The zero-order chi connectivity index (χ0) is 12.4. The summed E-state index contributed by atoms with van der Waals surface area (Å²) in [5, 5.41) is 11.8. The lowest BCUT2D eigenvalue weighted by atomic mass is 10.5. The van der Waals surface area contributed by atoms with E-state index in [0.29, 0.717) is 13.0 Å². The van der Waals surface area contributed by atoms with E-state index in [1.165, 1.54) is 0 Å². The van der Waals surface area contributed by atoms with E-state index in [-0.39, 0.29) is 6.61 Å². The van der Waals surface area contributed by atoms with Crippen molar-refractivity contribution < 1.29 is 5.11 Å². The van der Waals surface area contributed by atoms with Gasteiger partial charge in [-0.25, -0.2) is 0 Å². The molecule has 5 nitrogen and oxygen atoms in total. The first-order chi connectivity index (χ1) is 7.18. The third kappa shape index (κ3) is 5.18. The summed E-state index contributed by atoms with van der Waals surface area (Å²) in [5.74, 6) is -5.64. The smallest absolute Gasteiger partial charge is 0.256 e. The predicted molar refractivity (Wildman–Crippen MR) is 77.1 cm³/mol. The van der Waals surface area contributed by atoms with E-state index in [2.05, 4.69) is 18.6 Å². The van der Waals surface area contributed by atoms with E-state index in [1.807, 2.05) is 0 Å². The molecule has 0 saturated heterocycles. The van der Waals surface area contributed by atoms with Crippen molar-refractivity contribution in [1.82, 2.24) is 5.09 Å². The summed E-state index contributed by atoms with van der Waals surface area (Å²) in [6.07, 6.45) is 0.587. The van der Waals surface area contributed by atoms with Crippen molar-refractivity contribution >= 4 is 64.1 Å². The van der Waals surface area contributed by atoms with Crippen molar-refractivity contribution in [3.63, 3.8) is 0 Å². The molecule has 0 amide bonds. The second-order valence-corrected chi connectivity index (χ2v) is 15.9. The van der Waals surface area contributed by atoms with Crippen LogP contribution in [-0.2, 0) is 0 Å². The molecule has 1 unspecified atom stereocenters. The van der Waals surface area contributed by atoms with Gasteiger partial charge in [0.05, 0.1) is 0 Å². The van der Waals surface area contributed by atoms with Crippen molar-refractivity contribution in [2.75, 3.05) is 19.8 Å². The van der Waals surface area contributed by atoms with Crippen LogP contribution in [0, 0.1) is 0 Å². The molecule has 0 radical (unpaired) electrons. The molecule has 0 aromatic carbocycles. The van der Waals surface area contributed by atoms with Gasteiger partial charge in [0, 0.05) is 19.8 Å². The van der Waals surface area contributed by atoms with Crippen LogP contribution >= 0.6 is 64.1 Å². The van der Waals surface area contributed by atoms with E-state index in [4.69, 9.17) is 50.1 Å². The molecule has 1 rings (SSSR count). The second-order valence-electron chi connectivity index (χ2n) is 3.08. The van der Waals surface area contributed by atoms with Crippen LogP contribution in [0.2, 0.25) is 0 Å². The van der Waals surface area contributed by atoms with Crippen LogP contribution in [0.4, 0.5) is 0 Å². The van der Waals surface area contributed by atoms with Crippen molar-refractivity contribution in [1.29, 1.82) is 0 Å². The summed E-state index contributed by atoms with van der Waals surface area (Å²) in [6.45, 7) is 2.41.